The second kappa shape index (κ2) is 6.23. The van der Waals surface area contributed by atoms with Crippen molar-refractivity contribution < 1.29 is 14.1 Å². The second-order valence-corrected chi connectivity index (χ2v) is 4.94. The predicted molar refractivity (Wildman–Crippen MR) is 76.6 cm³/mol. The summed E-state index contributed by atoms with van der Waals surface area (Å²) in [4.78, 5) is 11.8. The predicted octanol–water partition coefficient (Wildman–Crippen LogP) is 3.33. The number of nitrogens with zero attached hydrogens (tertiary/aromatic N) is 1. The zero-order valence-electron chi connectivity index (χ0n) is 11.8. The Balaban J connectivity index is 2.17. The summed E-state index contributed by atoms with van der Waals surface area (Å²) in [5.41, 5.74) is 1.66. The van der Waals surface area contributed by atoms with Crippen LogP contribution in [0.25, 0.3) is 11.1 Å². The average Bonchev–Trinajstić information content (AvgIpc) is 2.86. The quantitative estimate of drug-likeness (QED) is 0.908. The van der Waals surface area contributed by atoms with Crippen molar-refractivity contribution in [3.63, 3.8) is 0 Å². The number of ether oxygens (including phenoxy) is 1. The molecule has 0 fully saturated rings. The highest BCUT2D eigenvalue weighted by Crippen LogP contribution is 2.29. The van der Waals surface area contributed by atoms with E-state index < -0.39 is 0 Å². The lowest BCUT2D eigenvalue weighted by Crippen LogP contribution is -2.13. The first-order valence-corrected chi connectivity index (χ1v) is 6.49. The third-order valence-electron chi connectivity index (χ3n) is 2.82. The molecule has 0 aliphatic carbocycles. The minimum absolute atomic E-state index is 0.0773. The van der Waals surface area contributed by atoms with Crippen LogP contribution in [-0.4, -0.2) is 18.2 Å². The zero-order valence-corrected chi connectivity index (χ0v) is 11.8. The Bertz CT molecular complexity index is 573. The van der Waals surface area contributed by atoms with Gasteiger partial charge >= 0.3 is 0 Å². The minimum Gasteiger partial charge on any atom is -0.497 e. The van der Waals surface area contributed by atoms with Gasteiger partial charge in [0, 0.05) is 6.42 Å². The molecule has 0 atom stereocenters. The van der Waals surface area contributed by atoms with E-state index in [-0.39, 0.29) is 5.91 Å². The van der Waals surface area contributed by atoms with Gasteiger partial charge in [0.05, 0.1) is 18.9 Å². The number of nitrogens with one attached hydrogen (secondary N) is 1. The Hall–Kier alpha value is -2.30. The van der Waals surface area contributed by atoms with E-state index in [1.807, 2.05) is 38.1 Å². The highest BCUT2D eigenvalue weighted by Gasteiger charge is 2.14. The van der Waals surface area contributed by atoms with E-state index in [1.165, 1.54) is 0 Å². The molecule has 0 radical (unpaired) electrons. The highest BCUT2D eigenvalue weighted by molar-refractivity contribution is 5.93. The Morgan fingerprint density at radius 3 is 2.65 bits per heavy atom. The van der Waals surface area contributed by atoms with Crippen LogP contribution in [0.4, 0.5) is 5.88 Å². The molecule has 2 aromatic rings. The lowest BCUT2D eigenvalue weighted by atomic mass is 10.1. The average molecular weight is 274 g/mol. The number of anilines is 1. The number of hydrogen-bond donors (Lipinski definition) is 1. The van der Waals surface area contributed by atoms with Crippen molar-refractivity contribution in [3.05, 3.63) is 30.5 Å². The minimum atomic E-state index is -0.0773. The molecule has 0 saturated heterocycles. The van der Waals surface area contributed by atoms with Gasteiger partial charge in [-0.1, -0.05) is 31.1 Å². The second-order valence-electron chi connectivity index (χ2n) is 4.94. The van der Waals surface area contributed by atoms with E-state index in [4.69, 9.17) is 9.26 Å². The summed E-state index contributed by atoms with van der Waals surface area (Å²) in [6, 6.07) is 7.48. The molecular weight excluding hydrogens is 256 g/mol. The van der Waals surface area contributed by atoms with Crippen molar-refractivity contribution in [2.24, 2.45) is 5.92 Å². The van der Waals surface area contributed by atoms with E-state index in [1.54, 1.807) is 13.3 Å². The molecule has 0 spiro atoms. The molecule has 0 saturated carbocycles. The molecule has 106 valence electrons. The topological polar surface area (TPSA) is 64.4 Å². The van der Waals surface area contributed by atoms with Gasteiger partial charge < -0.3 is 9.26 Å². The molecule has 1 amide bonds. The molecule has 0 bridgehead atoms. The molecule has 20 heavy (non-hydrogen) atoms. The van der Waals surface area contributed by atoms with Crippen LogP contribution in [0.5, 0.6) is 5.75 Å². The maximum atomic E-state index is 11.8. The fourth-order valence-corrected chi connectivity index (χ4v) is 1.85. The maximum absolute atomic E-state index is 11.8. The van der Waals surface area contributed by atoms with Crippen LogP contribution in [0.1, 0.15) is 20.3 Å². The largest absolute Gasteiger partial charge is 0.497 e. The SMILES string of the molecule is COc1ccc(-c2cnoc2NC(=O)CC(C)C)cc1. The Morgan fingerprint density at radius 2 is 2.05 bits per heavy atom. The van der Waals surface area contributed by atoms with E-state index in [2.05, 4.69) is 10.5 Å². The summed E-state index contributed by atoms with van der Waals surface area (Å²) in [7, 11) is 1.62. The molecule has 1 aromatic heterocycles. The van der Waals surface area contributed by atoms with Crippen molar-refractivity contribution in [2.45, 2.75) is 20.3 Å². The summed E-state index contributed by atoms with van der Waals surface area (Å²) in [6.07, 6.45) is 2.04. The number of carbonyl (C=O) groups is 1. The normalized spacial score (nSPS) is 10.6. The molecule has 1 heterocycles. The first kappa shape index (κ1) is 14.1. The van der Waals surface area contributed by atoms with Gasteiger partial charge in [-0.2, -0.15) is 0 Å². The molecule has 5 nitrogen and oxygen atoms in total. The lowest BCUT2D eigenvalue weighted by Gasteiger charge is -2.06. The number of carbonyl (C=O) groups excluding carboxylic acids is 1. The number of rotatable bonds is 5. The third-order valence-corrected chi connectivity index (χ3v) is 2.82. The first-order chi connectivity index (χ1) is 9.60. The Kier molecular flexibility index (Phi) is 4.40. The molecule has 1 aromatic carbocycles. The van der Waals surface area contributed by atoms with Crippen LogP contribution in [-0.2, 0) is 4.79 Å². The van der Waals surface area contributed by atoms with Crippen molar-refractivity contribution in [3.8, 4) is 16.9 Å². The van der Waals surface area contributed by atoms with E-state index in [0.717, 1.165) is 16.9 Å². The molecule has 1 N–H and O–H groups in total. The number of methoxy groups -OCH3 is 1. The van der Waals surface area contributed by atoms with Crippen molar-refractivity contribution in [1.29, 1.82) is 0 Å². The number of amides is 1. The first-order valence-electron chi connectivity index (χ1n) is 6.49. The molecule has 0 aliphatic heterocycles. The molecule has 0 unspecified atom stereocenters. The van der Waals surface area contributed by atoms with Crippen LogP contribution < -0.4 is 10.1 Å². The monoisotopic (exact) mass is 274 g/mol. The number of hydrogen-bond acceptors (Lipinski definition) is 4. The molecule has 2 rings (SSSR count). The smallest absolute Gasteiger partial charge is 0.239 e. The van der Waals surface area contributed by atoms with Crippen molar-refractivity contribution in [1.82, 2.24) is 5.16 Å². The van der Waals surface area contributed by atoms with Crippen molar-refractivity contribution in [2.75, 3.05) is 12.4 Å². The van der Waals surface area contributed by atoms with Gasteiger partial charge in [0.1, 0.15) is 5.75 Å². The van der Waals surface area contributed by atoms with Gasteiger partial charge in [0.15, 0.2) is 0 Å². The van der Waals surface area contributed by atoms with Crippen LogP contribution in [0.3, 0.4) is 0 Å². The molecule has 0 aliphatic rings. The van der Waals surface area contributed by atoms with E-state index in [9.17, 15) is 4.79 Å². The van der Waals surface area contributed by atoms with Gasteiger partial charge in [-0.15, -0.1) is 0 Å². The molecule has 5 heteroatoms. The van der Waals surface area contributed by atoms with Gasteiger partial charge in [-0.05, 0) is 23.6 Å². The van der Waals surface area contributed by atoms with Gasteiger partial charge in [0.2, 0.25) is 11.8 Å². The highest BCUT2D eigenvalue weighted by atomic mass is 16.5. The zero-order chi connectivity index (χ0) is 14.5. The number of aromatic nitrogens is 1. The summed E-state index contributed by atoms with van der Waals surface area (Å²) >= 11 is 0. The Morgan fingerprint density at radius 1 is 1.35 bits per heavy atom. The van der Waals surface area contributed by atoms with Gasteiger partial charge in [-0.25, -0.2) is 0 Å². The van der Waals surface area contributed by atoms with Crippen molar-refractivity contribution >= 4 is 11.8 Å². The van der Waals surface area contributed by atoms with Gasteiger partial charge in [0.25, 0.3) is 0 Å². The third kappa shape index (κ3) is 3.38. The van der Waals surface area contributed by atoms with Crippen LogP contribution in [0.2, 0.25) is 0 Å². The maximum Gasteiger partial charge on any atom is 0.239 e. The Labute approximate surface area is 117 Å². The summed E-state index contributed by atoms with van der Waals surface area (Å²) < 4.78 is 10.2. The van der Waals surface area contributed by atoms with Crippen LogP contribution in [0, 0.1) is 5.92 Å². The van der Waals surface area contributed by atoms with E-state index in [0.29, 0.717) is 18.2 Å². The lowest BCUT2D eigenvalue weighted by molar-refractivity contribution is -0.116. The summed E-state index contributed by atoms with van der Waals surface area (Å²) in [5, 5.41) is 6.50. The number of benzene rings is 1. The fraction of sp³-hybridized carbons (Fsp3) is 0.333. The van der Waals surface area contributed by atoms with Crippen LogP contribution in [0.15, 0.2) is 35.0 Å². The standard InChI is InChI=1S/C15H18N2O3/c1-10(2)8-14(18)17-15-13(9-16-20-15)11-4-6-12(19-3)7-5-11/h4-7,9-10H,8H2,1-3H3,(H,17,18). The fourth-order valence-electron chi connectivity index (χ4n) is 1.85. The van der Waals surface area contributed by atoms with E-state index >= 15 is 0 Å². The summed E-state index contributed by atoms with van der Waals surface area (Å²) in [5.74, 6) is 1.37. The van der Waals surface area contributed by atoms with Crippen LogP contribution >= 0.6 is 0 Å². The van der Waals surface area contributed by atoms with Gasteiger partial charge in [-0.3, -0.25) is 10.1 Å². The molecular formula is C15H18N2O3. The summed E-state index contributed by atoms with van der Waals surface area (Å²) in [6.45, 7) is 3.98.